The third-order valence-electron chi connectivity index (χ3n) is 4.15. The summed E-state index contributed by atoms with van der Waals surface area (Å²) in [5.74, 6) is 0.464. The Hall–Kier alpha value is -1.62. The van der Waals surface area contributed by atoms with Crippen LogP contribution in [0.1, 0.15) is 38.5 Å². The monoisotopic (exact) mass is 290 g/mol. The largest absolute Gasteiger partial charge is 0.355 e. The molecule has 21 heavy (non-hydrogen) atoms. The third kappa shape index (κ3) is 3.94. The topological polar surface area (TPSA) is 52.7 Å². The summed E-state index contributed by atoms with van der Waals surface area (Å²) in [4.78, 5) is 7.49. The third-order valence-corrected chi connectivity index (χ3v) is 4.15. The van der Waals surface area contributed by atoms with E-state index in [4.69, 9.17) is 0 Å². The molecule has 1 aliphatic rings. The van der Waals surface area contributed by atoms with Gasteiger partial charge in [0, 0.05) is 19.1 Å². The average molecular weight is 290 g/mol. The Morgan fingerprint density at radius 2 is 1.95 bits per heavy atom. The van der Waals surface area contributed by atoms with Crippen molar-refractivity contribution in [1.82, 2.24) is 15.3 Å². The fourth-order valence-electron chi connectivity index (χ4n) is 3.01. The van der Waals surface area contributed by atoms with Crippen molar-refractivity contribution >= 4 is 17.0 Å². The average Bonchev–Trinajstić information content (AvgIpc) is 2.69. The molecule has 1 heterocycles. The molecule has 0 radical (unpaired) electrons. The van der Waals surface area contributed by atoms with Crippen LogP contribution in [0.5, 0.6) is 0 Å². The number of nitrogens with one attached hydrogen (secondary N) is 3. The van der Waals surface area contributed by atoms with Gasteiger partial charge in [0.05, 0.1) is 11.0 Å². The summed E-state index contributed by atoms with van der Waals surface area (Å²) in [6, 6.07) is 5.26. The Morgan fingerprint density at radius 3 is 2.76 bits per heavy atom. The predicted octanol–water partition coefficient (Wildman–Crippen LogP) is 3.43. The Kier molecular flexibility index (Phi) is 4.70. The minimum Gasteiger partial charge on any atom is -0.355 e. The second kappa shape index (κ2) is 6.89. The molecule has 2 aromatic rings. The fraction of sp³-hybridized carbons (Fsp3) is 0.562. The first-order valence-electron chi connectivity index (χ1n) is 7.94. The van der Waals surface area contributed by atoms with Gasteiger partial charge in [0.15, 0.2) is 0 Å². The quantitative estimate of drug-likeness (QED) is 0.584. The maximum atomic E-state index is 13.1. The predicted molar refractivity (Wildman–Crippen MR) is 84.0 cm³/mol. The zero-order valence-corrected chi connectivity index (χ0v) is 12.3. The number of hydrogen-bond donors (Lipinski definition) is 3. The Morgan fingerprint density at radius 1 is 1.14 bits per heavy atom. The van der Waals surface area contributed by atoms with Crippen LogP contribution < -0.4 is 10.6 Å². The standard InChI is InChI=1S/C16H23FN4/c17-12-7-8-14-15(11-12)21-16(20-14)19-10-9-18-13-5-3-1-2-4-6-13/h7-8,11,13,18H,1-6,9-10H2,(H2,19,20,21). The van der Waals surface area contributed by atoms with Crippen LogP contribution in [0.15, 0.2) is 18.2 Å². The van der Waals surface area contributed by atoms with E-state index < -0.39 is 0 Å². The summed E-state index contributed by atoms with van der Waals surface area (Å²) in [5, 5.41) is 6.87. The van der Waals surface area contributed by atoms with Crippen LogP contribution >= 0.6 is 0 Å². The zero-order chi connectivity index (χ0) is 14.5. The molecule has 0 bridgehead atoms. The van der Waals surface area contributed by atoms with E-state index in [-0.39, 0.29) is 5.82 Å². The minimum absolute atomic E-state index is 0.243. The summed E-state index contributed by atoms with van der Waals surface area (Å²) in [6.45, 7) is 1.74. The van der Waals surface area contributed by atoms with Crippen LogP contribution in [0.2, 0.25) is 0 Å². The normalized spacial score (nSPS) is 17.0. The number of nitrogens with zero attached hydrogens (tertiary/aromatic N) is 1. The van der Waals surface area contributed by atoms with Gasteiger partial charge in [-0.05, 0) is 31.0 Å². The molecule has 1 aromatic heterocycles. The van der Waals surface area contributed by atoms with Gasteiger partial charge < -0.3 is 15.6 Å². The molecule has 5 heteroatoms. The molecule has 0 unspecified atom stereocenters. The molecule has 1 fully saturated rings. The lowest BCUT2D eigenvalue weighted by atomic mass is 10.1. The van der Waals surface area contributed by atoms with Crippen molar-refractivity contribution in [2.75, 3.05) is 18.4 Å². The summed E-state index contributed by atoms with van der Waals surface area (Å²) in [7, 11) is 0. The second-order valence-electron chi connectivity index (χ2n) is 5.82. The van der Waals surface area contributed by atoms with E-state index in [2.05, 4.69) is 20.6 Å². The van der Waals surface area contributed by atoms with Crippen molar-refractivity contribution in [2.45, 2.75) is 44.6 Å². The van der Waals surface area contributed by atoms with E-state index >= 15 is 0 Å². The molecule has 0 amide bonds. The SMILES string of the molecule is Fc1ccc2nc(NCCNC3CCCCCC3)[nH]c2c1. The number of H-pyrrole nitrogens is 1. The van der Waals surface area contributed by atoms with Crippen LogP contribution in [-0.2, 0) is 0 Å². The maximum absolute atomic E-state index is 13.1. The number of anilines is 1. The van der Waals surface area contributed by atoms with Crippen LogP contribution in [0.3, 0.4) is 0 Å². The lowest BCUT2D eigenvalue weighted by Crippen LogP contribution is -2.32. The maximum Gasteiger partial charge on any atom is 0.201 e. The number of rotatable bonds is 5. The highest BCUT2D eigenvalue weighted by Gasteiger charge is 2.10. The Balaban J connectivity index is 1.45. The molecule has 4 nitrogen and oxygen atoms in total. The Labute approximate surface area is 124 Å². The van der Waals surface area contributed by atoms with E-state index in [9.17, 15) is 4.39 Å². The first-order valence-corrected chi connectivity index (χ1v) is 7.94. The van der Waals surface area contributed by atoms with Gasteiger partial charge in [0.25, 0.3) is 0 Å². The van der Waals surface area contributed by atoms with Crippen LogP contribution in [0.4, 0.5) is 10.3 Å². The highest BCUT2D eigenvalue weighted by atomic mass is 19.1. The molecule has 1 aliphatic carbocycles. The summed E-state index contributed by atoms with van der Waals surface area (Å²) in [5.41, 5.74) is 1.52. The molecule has 0 saturated heterocycles. The van der Waals surface area contributed by atoms with Gasteiger partial charge in [-0.1, -0.05) is 25.7 Å². The van der Waals surface area contributed by atoms with Gasteiger partial charge in [-0.3, -0.25) is 0 Å². The van der Waals surface area contributed by atoms with Crippen molar-refractivity contribution in [3.63, 3.8) is 0 Å². The molecule has 0 aliphatic heterocycles. The van der Waals surface area contributed by atoms with Crippen LogP contribution in [0, 0.1) is 5.82 Å². The lowest BCUT2D eigenvalue weighted by molar-refractivity contribution is 0.468. The van der Waals surface area contributed by atoms with E-state index in [1.807, 2.05) is 0 Å². The van der Waals surface area contributed by atoms with Gasteiger partial charge in [-0.2, -0.15) is 0 Å². The molecule has 1 saturated carbocycles. The molecule has 3 rings (SSSR count). The summed E-state index contributed by atoms with van der Waals surface area (Å²) in [6.07, 6.45) is 8.05. The molecular weight excluding hydrogens is 267 g/mol. The Bertz CT molecular complexity index is 573. The zero-order valence-electron chi connectivity index (χ0n) is 12.3. The smallest absolute Gasteiger partial charge is 0.201 e. The number of benzene rings is 1. The minimum atomic E-state index is -0.243. The van der Waals surface area contributed by atoms with E-state index in [1.165, 1.54) is 50.7 Å². The highest BCUT2D eigenvalue weighted by Crippen LogP contribution is 2.17. The van der Waals surface area contributed by atoms with E-state index in [1.54, 1.807) is 6.07 Å². The van der Waals surface area contributed by atoms with Gasteiger partial charge in [0.2, 0.25) is 5.95 Å². The first kappa shape index (κ1) is 14.3. The van der Waals surface area contributed by atoms with Gasteiger partial charge in [-0.15, -0.1) is 0 Å². The van der Waals surface area contributed by atoms with Crippen molar-refractivity contribution < 1.29 is 4.39 Å². The molecule has 0 atom stereocenters. The molecule has 1 aromatic carbocycles. The van der Waals surface area contributed by atoms with Crippen LogP contribution in [0.25, 0.3) is 11.0 Å². The van der Waals surface area contributed by atoms with E-state index in [0.29, 0.717) is 12.0 Å². The molecular formula is C16H23FN4. The van der Waals surface area contributed by atoms with Gasteiger partial charge in [-0.25, -0.2) is 9.37 Å². The van der Waals surface area contributed by atoms with Crippen LogP contribution in [-0.4, -0.2) is 29.1 Å². The van der Waals surface area contributed by atoms with Crippen molar-refractivity contribution in [1.29, 1.82) is 0 Å². The van der Waals surface area contributed by atoms with Crippen molar-refractivity contribution in [3.8, 4) is 0 Å². The molecule has 3 N–H and O–H groups in total. The van der Waals surface area contributed by atoms with Crippen molar-refractivity contribution in [3.05, 3.63) is 24.0 Å². The first-order chi connectivity index (χ1) is 10.3. The van der Waals surface area contributed by atoms with Gasteiger partial charge in [0.1, 0.15) is 5.82 Å². The molecule has 114 valence electrons. The number of fused-ring (bicyclic) bond motifs is 1. The van der Waals surface area contributed by atoms with Gasteiger partial charge >= 0.3 is 0 Å². The number of aromatic amines is 1. The fourth-order valence-corrected chi connectivity index (χ4v) is 3.01. The van der Waals surface area contributed by atoms with E-state index in [0.717, 1.165) is 24.1 Å². The van der Waals surface area contributed by atoms with Crippen molar-refractivity contribution in [2.24, 2.45) is 0 Å². The lowest BCUT2D eigenvalue weighted by Gasteiger charge is -2.16. The number of aromatic nitrogens is 2. The highest BCUT2D eigenvalue weighted by molar-refractivity contribution is 5.77. The number of imidazole rings is 1. The number of halogens is 1. The number of hydrogen-bond acceptors (Lipinski definition) is 3. The second-order valence-corrected chi connectivity index (χ2v) is 5.82. The molecule has 0 spiro atoms. The summed E-state index contributed by atoms with van der Waals surface area (Å²) >= 11 is 0. The summed E-state index contributed by atoms with van der Waals surface area (Å²) < 4.78 is 13.1.